The van der Waals surface area contributed by atoms with Crippen LogP contribution in [0.3, 0.4) is 0 Å². The summed E-state index contributed by atoms with van der Waals surface area (Å²) in [5.74, 6) is 0.619. The predicted octanol–water partition coefficient (Wildman–Crippen LogP) is 2.37. The van der Waals surface area contributed by atoms with Gasteiger partial charge in [-0.3, -0.25) is 0 Å². The summed E-state index contributed by atoms with van der Waals surface area (Å²) < 4.78 is 0. The summed E-state index contributed by atoms with van der Waals surface area (Å²) in [5, 5.41) is 2.94. The van der Waals surface area contributed by atoms with E-state index in [-0.39, 0.29) is 0 Å². The van der Waals surface area contributed by atoms with Gasteiger partial charge in [0, 0.05) is 18.8 Å². The molecule has 18 heavy (non-hydrogen) atoms. The van der Waals surface area contributed by atoms with Gasteiger partial charge in [0.2, 0.25) is 5.95 Å². The average Bonchev–Trinajstić information content (AvgIpc) is 2.85. The van der Waals surface area contributed by atoms with Crippen molar-refractivity contribution in [2.24, 2.45) is 0 Å². The van der Waals surface area contributed by atoms with Crippen LogP contribution in [0.15, 0.2) is 30.7 Å². The van der Waals surface area contributed by atoms with Gasteiger partial charge in [0.1, 0.15) is 0 Å². The minimum absolute atomic E-state index is 0.619. The maximum absolute atomic E-state index is 4.45. The quantitative estimate of drug-likeness (QED) is 0.720. The molecule has 0 aliphatic carbocycles. The summed E-state index contributed by atoms with van der Waals surface area (Å²) in [6.45, 7) is 2.07. The second kappa shape index (κ2) is 4.10. The third kappa shape index (κ3) is 1.69. The van der Waals surface area contributed by atoms with Gasteiger partial charge in [-0.2, -0.15) is 0 Å². The fraction of sp³-hybridized carbons (Fsp3) is 0.154. The average molecular weight is 239 g/mol. The third-order valence-corrected chi connectivity index (χ3v) is 2.92. The number of nitrogens with zero attached hydrogens (tertiary/aromatic N) is 3. The number of hydrogen-bond acceptors (Lipinski definition) is 4. The fourth-order valence-corrected chi connectivity index (χ4v) is 2.00. The number of benzene rings is 1. The molecule has 0 unspecified atom stereocenters. The highest BCUT2D eigenvalue weighted by Gasteiger charge is 2.07. The zero-order chi connectivity index (χ0) is 12.5. The van der Waals surface area contributed by atoms with Crippen molar-refractivity contribution in [1.82, 2.24) is 19.9 Å². The highest BCUT2D eigenvalue weighted by atomic mass is 15.1. The summed E-state index contributed by atoms with van der Waals surface area (Å²) in [6.07, 6.45) is 3.45. The summed E-state index contributed by atoms with van der Waals surface area (Å²) in [4.78, 5) is 16.0. The van der Waals surface area contributed by atoms with Gasteiger partial charge in [-0.1, -0.05) is 0 Å². The van der Waals surface area contributed by atoms with Crippen LogP contribution in [0, 0.1) is 6.92 Å². The van der Waals surface area contributed by atoms with Crippen LogP contribution >= 0.6 is 0 Å². The van der Waals surface area contributed by atoms with Crippen molar-refractivity contribution in [3.63, 3.8) is 0 Å². The van der Waals surface area contributed by atoms with E-state index in [1.807, 2.05) is 19.2 Å². The summed E-state index contributed by atoms with van der Waals surface area (Å²) in [6, 6.07) is 6.03. The van der Waals surface area contributed by atoms with Crippen LogP contribution in [0.5, 0.6) is 0 Å². The van der Waals surface area contributed by atoms with Crippen molar-refractivity contribution in [2.75, 3.05) is 12.4 Å². The lowest BCUT2D eigenvalue weighted by Crippen LogP contribution is -1.97. The van der Waals surface area contributed by atoms with Crippen molar-refractivity contribution < 1.29 is 0 Å². The van der Waals surface area contributed by atoms with Gasteiger partial charge >= 0.3 is 0 Å². The van der Waals surface area contributed by atoms with Crippen LogP contribution in [0.1, 0.15) is 5.56 Å². The lowest BCUT2D eigenvalue weighted by Gasteiger charge is -2.06. The Morgan fingerprint density at radius 3 is 2.94 bits per heavy atom. The largest absolute Gasteiger partial charge is 0.357 e. The minimum Gasteiger partial charge on any atom is -0.357 e. The standard InChI is InChI=1S/C13H13N5/c1-8-5-11-12(17-7-16-11)6-9(8)10-3-4-15-13(14-2)18-10/h3-7H,1-2H3,(H,16,17)(H,14,15,18). The van der Waals surface area contributed by atoms with Gasteiger partial charge in [0.15, 0.2) is 0 Å². The van der Waals surface area contributed by atoms with Gasteiger partial charge in [0.25, 0.3) is 0 Å². The van der Waals surface area contributed by atoms with Gasteiger partial charge in [-0.05, 0) is 30.7 Å². The molecule has 0 aliphatic heterocycles. The smallest absolute Gasteiger partial charge is 0.222 e. The summed E-state index contributed by atoms with van der Waals surface area (Å²) in [7, 11) is 1.81. The molecular formula is C13H13N5. The second-order valence-electron chi connectivity index (χ2n) is 4.10. The van der Waals surface area contributed by atoms with Crippen LogP contribution in [-0.4, -0.2) is 27.0 Å². The maximum atomic E-state index is 4.45. The molecule has 0 aliphatic rings. The number of imidazole rings is 1. The first kappa shape index (κ1) is 10.7. The number of hydrogen-bond donors (Lipinski definition) is 2. The van der Waals surface area contributed by atoms with E-state index < -0.39 is 0 Å². The SMILES string of the molecule is CNc1nccc(-c2cc3nc[nH]c3cc2C)n1. The zero-order valence-corrected chi connectivity index (χ0v) is 10.2. The Morgan fingerprint density at radius 1 is 1.22 bits per heavy atom. The van der Waals surface area contributed by atoms with Crippen LogP contribution in [-0.2, 0) is 0 Å². The van der Waals surface area contributed by atoms with E-state index in [1.54, 1.807) is 12.5 Å². The third-order valence-electron chi connectivity index (χ3n) is 2.92. The van der Waals surface area contributed by atoms with Crippen molar-refractivity contribution in [2.45, 2.75) is 6.92 Å². The molecule has 3 aromatic rings. The Balaban J connectivity index is 2.20. The Kier molecular flexibility index (Phi) is 2.44. The number of aryl methyl sites for hydroxylation is 1. The normalized spacial score (nSPS) is 10.8. The zero-order valence-electron chi connectivity index (χ0n) is 10.2. The molecular weight excluding hydrogens is 226 g/mol. The monoisotopic (exact) mass is 239 g/mol. The molecule has 0 saturated carbocycles. The molecule has 0 spiro atoms. The number of H-pyrrole nitrogens is 1. The number of rotatable bonds is 2. The van der Waals surface area contributed by atoms with Crippen LogP contribution < -0.4 is 5.32 Å². The van der Waals surface area contributed by atoms with E-state index in [0.29, 0.717) is 5.95 Å². The molecule has 0 amide bonds. The Hall–Kier alpha value is -2.43. The molecule has 2 N–H and O–H groups in total. The van der Waals surface area contributed by atoms with Gasteiger partial charge < -0.3 is 10.3 Å². The van der Waals surface area contributed by atoms with E-state index in [1.165, 1.54) is 0 Å². The van der Waals surface area contributed by atoms with E-state index in [9.17, 15) is 0 Å². The van der Waals surface area contributed by atoms with Crippen molar-refractivity contribution in [1.29, 1.82) is 0 Å². The molecule has 2 heterocycles. The van der Waals surface area contributed by atoms with Gasteiger partial charge in [0.05, 0.1) is 23.1 Å². The minimum atomic E-state index is 0.619. The highest BCUT2D eigenvalue weighted by Crippen LogP contribution is 2.25. The van der Waals surface area contributed by atoms with E-state index >= 15 is 0 Å². The molecule has 2 aromatic heterocycles. The van der Waals surface area contributed by atoms with E-state index in [4.69, 9.17) is 0 Å². The molecule has 0 atom stereocenters. The lowest BCUT2D eigenvalue weighted by atomic mass is 10.0. The van der Waals surface area contributed by atoms with Crippen molar-refractivity contribution >= 4 is 17.0 Å². The Labute approximate surface area is 104 Å². The highest BCUT2D eigenvalue weighted by molar-refractivity contribution is 5.83. The maximum Gasteiger partial charge on any atom is 0.222 e. The molecule has 90 valence electrons. The number of anilines is 1. The molecule has 5 nitrogen and oxygen atoms in total. The number of aromatic nitrogens is 4. The number of aromatic amines is 1. The molecule has 3 rings (SSSR count). The fourth-order valence-electron chi connectivity index (χ4n) is 2.00. The van der Waals surface area contributed by atoms with E-state index in [0.717, 1.165) is 27.9 Å². The summed E-state index contributed by atoms with van der Waals surface area (Å²) in [5.41, 5.74) is 5.12. The number of fused-ring (bicyclic) bond motifs is 1. The lowest BCUT2D eigenvalue weighted by molar-refractivity contribution is 1.15. The molecule has 0 radical (unpaired) electrons. The topological polar surface area (TPSA) is 66.5 Å². The first-order valence-corrected chi connectivity index (χ1v) is 5.73. The molecule has 1 aromatic carbocycles. The first-order chi connectivity index (χ1) is 8.78. The first-order valence-electron chi connectivity index (χ1n) is 5.73. The Morgan fingerprint density at radius 2 is 2.11 bits per heavy atom. The van der Waals surface area contributed by atoms with Crippen molar-refractivity contribution in [3.8, 4) is 11.3 Å². The van der Waals surface area contributed by atoms with Crippen molar-refractivity contribution in [3.05, 3.63) is 36.3 Å². The summed E-state index contributed by atoms with van der Waals surface area (Å²) >= 11 is 0. The Bertz CT molecular complexity index is 701. The molecule has 0 saturated heterocycles. The molecule has 0 fully saturated rings. The molecule has 0 bridgehead atoms. The van der Waals surface area contributed by atoms with Gasteiger partial charge in [-0.25, -0.2) is 15.0 Å². The molecule has 5 heteroatoms. The van der Waals surface area contributed by atoms with Crippen LogP contribution in [0.2, 0.25) is 0 Å². The second-order valence-corrected chi connectivity index (χ2v) is 4.10. The number of nitrogens with one attached hydrogen (secondary N) is 2. The predicted molar refractivity (Wildman–Crippen MR) is 71.4 cm³/mol. The van der Waals surface area contributed by atoms with Crippen LogP contribution in [0.4, 0.5) is 5.95 Å². The van der Waals surface area contributed by atoms with E-state index in [2.05, 4.69) is 38.2 Å². The van der Waals surface area contributed by atoms with Crippen LogP contribution in [0.25, 0.3) is 22.3 Å². The van der Waals surface area contributed by atoms with Gasteiger partial charge in [-0.15, -0.1) is 0 Å².